The summed E-state index contributed by atoms with van der Waals surface area (Å²) in [5.74, 6) is 0. The third-order valence-corrected chi connectivity index (χ3v) is 0.686. The van der Waals surface area contributed by atoms with Crippen molar-refractivity contribution < 1.29 is 9.53 Å². The van der Waals surface area contributed by atoms with Crippen molar-refractivity contribution in [1.29, 1.82) is 0 Å². The van der Waals surface area contributed by atoms with Gasteiger partial charge in [-0.05, 0) is 12.5 Å². The Morgan fingerprint density at radius 1 is 1.62 bits per heavy atom. The van der Waals surface area contributed by atoms with Gasteiger partial charge in [0, 0.05) is 0 Å². The highest BCUT2D eigenvalue weighted by Gasteiger charge is 1.70. The minimum Gasteiger partial charge on any atom is -0.437 e. The van der Waals surface area contributed by atoms with Gasteiger partial charge in [-0.1, -0.05) is 13.3 Å². The van der Waals surface area contributed by atoms with Crippen LogP contribution >= 0.6 is 0 Å². The van der Waals surface area contributed by atoms with Gasteiger partial charge >= 0.3 is 0 Å². The van der Waals surface area contributed by atoms with Gasteiger partial charge < -0.3 is 4.74 Å². The molecule has 0 aromatic rings. The predicted octanol–water partition coefficient (Wildman–Crippen LogP) is 1.47. The van der Waals surface area contributed by atoms with Gasteiger partial charge in [-0.3, -0.25) is 4.79 Å². The average molecular weight is 114 g/mol. The maximum absolute atomic E-state index is 9.49. The summed E-state index contributed by atoms with van der Waals surface area (Å²) in [5, 5.41) is 0. The molecule has 0 atom stereocenters. The van der Waals surface area contributed by atoms with E-state index >= 15 is 0 Å². The summed E-state index contributed by atoms with van der Waals surface area (Å²) >= 11 is 0. The van der Waals surface area contributed by atoms with Crippen LogP contribution in [0.15, 0.2) is 12.3 Å². The summed E-state index contributed by atoms with van der Waals surface area (Å²) < 4.78 is 4.27. The van der Waals surface area contributed by atoms with Crippen LogP contribution in [-0.2, 0) is 9.53 Å². The maximum atomic E-state index is 9.49. The molecule has 0 radical (unpaired) electrons. The number of hydrogen-bond acceptors (Lipinski definition) is 2. The Hall–Kier alpha value is -0.790. The van der Waals surface area contributed by atoms with Crippen LogP contribution in [-0.4, -0.2) is 6.47 Å². The van der Waals surface area contributed by atoms with E-state index in [0.717, 1.165) is 12.8 Å². The lowest BCUT2D eigenvalue weighted by Gasteiger charge is -1.82. The number of carbonyl (C=O) groups is 1. The standard InChI is InChI=1S/C6H10O2/c1-2-3-4-5-8-6-7/h4-6H,2-3H2,1H3/b5-4+. The second kappa shape index (κ2) is 6.21. The van der Waals surface area contributed by atoms with Gasteiger partial charge in [0.2, 0.25) is 0 Å². The molecule has 0 spiro atoms. The zero-order valence-corrected chi connectivity index (χ0v) is 4.96. The molecule has 0 aromatic carbocycles. The molecule has 0 amide bonds. The Labute approximate surface area is 49.1 Å². The molecule has 0 aliphatic carbocycles. The SMILES string of the molecule is CCC/C=C/OC=O. The molecular weight excluding hydrogens is 104 g/mol. The van der Waals surface area contributed by atoms with Crippen LogP contribution in [0.4, 0.5) is 0 Å². The van der Waals surface area contributed by atoms with E-state index < -0.39 is 0 Å². The van der Waals surface area contributed by atoms with Crippen molar-refractivity contribution in [1.82, 2.24) is 0 Å². The number of unbranched alkanes of at least 4 members (excludes halogenated alkanes) is 1. The summed E-state index contributed by atoms with van der Waals surface area (Å²) in [5.41, 5.74) is 0. The van der Waals surface area contributed by atoms with E-state index in [1.165, 1.54) is 6.26 Å². The number of rotatable bonds is 4. The first-order valence-corrected chi connectivity index (χ1v) is 2.66. The first-order chi connectivity index (χ1) is 3.91. The molecule has 8 heavy (non-hydrogen) atoms. The van der Waals surface area contributed by atoms with E-state index in [1.54, 1.807) is 0 Å². The van der Waals surface area contributed by atoms with E-state index in [9.17, 15) is 4.79 Å². The number of hydrogen-bond donors (Lipinski definition) is 0. The molecule has 0 saturated heterocycles. The highest BCUT2D eigenvalue weighted by Crippen LogP contribution is 1.86. The van der Waals surface area contributed by atoms with Crippen LogP contribution in [0.3, 0.4) is 0 Å². The maximum Gasteiger partial charge on any atom is 0.297 e. The largest absolute Gasteiger partial charge is 0.437 e. The lowest BCUT2D eigenvalue weighted by Crippen LogP contribution is -1.71. The minimum absolute atomic E-state index is 0.409. The second-order valence-electron chi connectivity index (χ2n) is 1.39. The molecule has 0 unspecified atom stereocenters. The second-order valence-corrected chi connectivity index (χ2v) is 1.39. The minimum atomic E-state index is 0.409. The Bertz CT molecular complexity index is 76.6. The highest BCUT2D eigenvalue weighted by atomic mass is 16.5. The molecule has 0 rings (SSSR count). The van der Waals surface area contributed by atoms with Crippen LogP contribution in [0.1, 0.15) is 19.8 Å². The van der Waals surface area contributed by atoms with Gasteiger partial charge in [-0.25, -0.2) is 0 Å². The molecule has 0 heterocycles. The van der Waals surface area contributed by atoms with Crippen LogP contribution in [0.2, 0.25) is 0 Å². The van der Waals surface area contributed by atoms with Crippen molar-refractivity contribution in [2.24, 2.45) is 0 Å². The van der Waals surface area contributed by atoms with Crippen LogP contribution in [0.5, 0.6) is 0 Å². The molecule has 0 aromatic heterocycles. The van der Waals surface area contributed by atoms with Gasteiger partial charge in [-0.2, -0.15) is 0 Å². The normalized spacial score (nSPS) is 9.62. The Kier molecular flexibility index (Phi) is 5.60. The van der Waals surface area contributed by atoms with Crippen molar-refractivity contribution in [3.05, 3.63) is 12.3 Å². The van der Waals surface area contributed by atoms with E-state index in [-0.39, 0.29) is 0 Å². The summed E-state index contributed by atoms with van der Waals surface area (Å²) in [4.78, 5) is 9.49. The molecule has 0 fully saturated rings. The third kappa shape index (κ3) is 5.21. The Morgan fingerprint density at radius 3 is 2.88 bits per heavy atom. The smallest absolute Gasteiger partial charge is 0.297 e. The molecule has 46 valence electrons. The monoisotopic (exact) mass is 114 g/mol. The summed E-state index contributed by atoms with van der Waals surface area (Å²) in [6.07, 6.45) is 5.26. The topological polar surface area (TPSA) is 26.3 Å². The highest BCUT2D eigenvalue weighted by molar-refractivity contribution is 5.38. The van der Waals surface area contributed by atoms with Crippen molar-refractivity contribution in [2.45, 2.75) is 19.8 Å². The number of allylic oxidation sites excluding steroid dienone is 1. The lowest BCUT2D eigenvalue weighted by atomic mass is 10.3. The average Bonchev–Trinajstić information content (AvgIpc) is 1.81. The number of ether oxygens (including phenoxy) is 1. The first-order valence-electron chi connectivity index (χ1n) is 2.66. The quantitative estimate of drug-likeness (QED) is 0.408. The first kappa shape index (κ1) is 7.21. The van der Waals surface area contributed by atoms with Crippen molar-refractivity contribution >= 4 is 6.47 Å². The Balaban J connectivity index is 2.94. The molecular formula is C6H10O2. The van der Waals surface area contributed by atoms with Crippen LogP contribution in [0, 0.1) is 0 Å². The summed E-state index contributed by atoms with van der Waals surface area (Å²) in [7, 11) is 0. The lowest BCUT2D eigenvalue weighted by molar-refractivity contribution is -0.123. The fourth-order valence-electron chi connectivity index (χ4n) is 0.322. The summed E-state index contributed by atoms with van der Waals surface area (Å²) in [6, 6.07) is 0. The summed E-state index contributed by atoms with van der Waals surface area (Å²) in [6.45, 7) is 2.47. The van der Waals surface area contributed by atoms with Crippen molar-refractivity contribution in [3.8, 4) is 0 Å². The van der Waals surface area contributed by atoms with E-state index in [0.29, 0.717) is 6.47 Å². The van der Waals surface area contributed by atoms with Crippen LogP contribution in [0.25, 0.3) is 0 Å². The van der Waals surface area contributed by atoms with E-state index in [4.69, 9.17) is 0 Å². The zero-order chi connectivity index (χ0) is 6.24. The van der Waals surface area contributed by atoms with Gasteiger partial charge in [0.15, 0.2) is 0 Å². The van der Waals surface area contributed by atoms with Crippen LogP contribution < -0.4 is 0 Å². The predicted molar refractivity (Wildman–Crippen MR) is 31.2 cm³/mol. The third-order valence-electron chi connectivity index (χ3n) is 0.686. The molecule has 0 N–H and O–H groups in total. The van der Waals surface area contributed by atoms with Crippen molar-refractivity contribution in [2.75, 3.05) is 0 Å². The van der Waals surface area contributed by atoms with Gasteiger partial charge in [0.1, 0.15) is 0 Å². The molecule has 0 bridgehead atoms. The molecule has 2 nitrogen and oxygen atoms in total. The van der Waals surface area contributed by atoms with Gasteiger partial charge in [0.05, 0.1) is 6.26 Å². The van der Waals surface area contributed by atoms with E-state index in [1.807, 2.05) is 6.08 Å². The molecule has 0 aliphatic rings. The van der Waals surface area contributed by atoms with Crippen molar-refractivity contribution in [3.63, 3.8) is 0 Å². The Morgan fingerprint density at radius 2 is 2.38 bits per heavy atom. The van der Waals surface area contributed by atoms with Gasteiger partial charge in [-0.15, -0.1) is 0 Å². The molecule has 2 heteroatoms. The zero-order valence-electron chi connectivity index (χ0n) is 4.96. The van der Waals surface area contributed by atoms with Gasteiger partial charge in [0.25, 0.3) is 6.47 Å². The fraction of sp³-hybridized carbons (Fsp3) is 0.500. The molecule has 0 saturated carbocycles. The van der Waals surface area contributed by atoms with E-state index in [2.05, 4.69) is 11.7 Å². The fourth-order valence-corrected chi connectivity index (χ4v) is 0.322. The number of carbonyl (C=O) groups excluding carboxylic acids is 1. The molecule has 0 aliphatic heterocycles.